The molecule has 3 aromatic heterocycles. The molecule has 170 valence electrons. The average molecular weight is 441 g/mol. The summed E-state index contributed by atoms with van der Waals surface area (Å²) in [6, 6.07) is 3.32. The van der Waals surface area contributed by atoms with Gasteiger partial charge in [0.2, 0.25) is 5.89 Å². The molecule has 9 nitrogen and oxygen atoms in total. The molecule has 9 heteroatoms. The summed E-state index contributed by atoms with van der Waals surface area (Å²) >= 11 is 0. The topological polar surface area (TPSA) is 108 Å². The van der Waals surface area contributed by atoms with Crippen LogP contribution in [0.15, 0.2) is 25.6 Å². The van der Waals surface area contributed by atoms with E-state index < -0.39 is 0 Å². The fraction of sp³-hybridized carbons (Fsp3) is 0.565. The number of hydrogen-bond donors (Lipinski definition) is 0. The first-order chi connectivity index (χ1) is 15.6. The quantitative estimate of drug-likeness (QED) is 0.462. The summed E-state index contributed by atoms with van der Waals surface area (Å²) < 4.78 is 22.2. The minimum Gasteiger partial charge on any atom is -0.456 e. The van der Waals surface area contributed by atoms with Crippen LogP contribution in [0.3, 0.4) is 0 Å². The minimum atomic E-state index is -0.229. The molecule has 32 heavy (non-hydrogen) atoms. The Kier molecular flexibility index (Phi) is 5.82. The Morgan fingerprint density at radius 1 is 1.19 bits per heavy atom. The van der Waals surface area contributed by atoms with Gasteiger partial charge < -0.3 is 23.1 Å². The number of furan rings is 1. The number of ether oxygens (including phenoxy) is 1. The van der Waals surface area contributed by atoms with E-state index in [4.69, 9.17) is 18.2 Å². The SMILES string of the molecule is Cc1noc(C)c1Cc1ccc(C(=O)N2CCCC2c2nc(CCOCC3CC3)no2)o1. The summed E-state index contributed by atoms with van der Waals surface area (Å²) in [4.78, 5) is 19.4. The van der Waals surface area contributed by atoms with Crippen LogP contribution in [0.1, 0.15) is 76.8 Å². The minimum absolute atomic E-state index is 0.162. The Morgan fingerprint density at radius 2 is 2.06 bits per heavy atom. The second kappa shape index (κ2) is 8.90. The van der Waals surface area contributed by atoms with Crippen LogP contribution < -0.4 is 0 Å². The van der Waals surface area contributed by atoms with Gasteiger partial charge in [-0.3, -0.25) is 4.79 Å². The molecule has 1 aliphatic heterocycles. The number of hydrogen-bond acceptors (Lipinski definition) is 8. The summed E-state index contributed by atoms with van der Waals surface area (Å²) in [7, 11) is 0. The zero-order valence-corrected chi connectivity index (χ0v) is 18.5. The molecule has 5 rings (SSSR count). The number of nitrogens with zero attached hydrogens (tertiary/aromatic N) is 4. The molecule has 0 bridgehead atoms. The van der Waals surface area contributed by atoms with Gasteiger partial charge in [0.1, 0.15) is 17.6 Å². The fourth-order valence-corrected chi connectivity index (χ4v) is 4.13. The Balaban J connectivity index is 1.21. The summed E-state index contributed by atoms with van der Waals surface area (Å²) in [5.41, 5.74) is 1.81. The standard InChI is InChI=1S/C23H28N4O5/c1-14-18(15(2)31-25-14)12-17-7-8-20(30-17)23(28)27-10-3-4-19(27)22-24-21(26-32-22)9-11-29-13-16-5-6-16/h7-8,16,19H,3-6,9-13H2,1-2H3. The van der Waals surface area contributed by atoms with Crippen molar-refractivity contribution in [1.82, 2.24) is 20.2 Å². The highest BCUT2D eigenvalue weighted by Gasteiger charge is 2.35. The van der Waals surface area contributed by atoms with Gasteiger partial charge in [0.25, 0.3) is 5.91 Å². The third-order valence-corrected chi connectivity index (χ3v) is 6.21. The molecule has 3 aromatic rings. The number of aryl methyl sites for hydroxylation is 2. The first kappa shape index (κ1) is 20.9. The molecule has 1 saturated heterocycles. The Labute approximate surface area is 186 Å². The molecule has 4 heterocycles. The number of amides is 1. The lowest BCUT2D eigenvalue weighted by atomic mass is 10.1. The summed E-state index contributed by atoms with van der Waals surface area (Å²) in [6.45, 7) is 5.80. The number of likely N-dealkylation sites (tertiary alicyclic amines) is 1. The van der Waals surface area contributed by atoms with Crippen LogP contribution in [0.25, 0.3) is 0 Å². The van der Waals surface area contributed by atoms with Crippen molar-refractivity contribution >= 4 is 5.91 Å². The van der Waals surface area contributed by atoms with Gasteiger partial charge in [-0.05, 0) is 57.6 Å². The van der Waals surface area contributed by atoms with Crippen LogP contribution in [0, 0.1) is 19.8 Å². The molecule has 1 unspecified atom stereocenters. The van der Waals surface area contributed by atoms with E-state index in [1.165, 1.54) is 12.8 Å². The lowest BCUT2D eigenvalue weighted by Gasteiger charge is -2.20. The molecule has 1 atom stereocenters. The van der Waals surface area contributed by atoms with Crippen molar-refractivity contribution in [1.29, 1.82) is 0 Å². The van der Waals surface area contributed by atoms with E-state index in [1.807, 2.05) is 19.9 Å². The molecular weight excluding hydrogens is 412 g/mol. The zero-order chi connectivity index (χ0) is 22.1. The average Bonchev–Trinajstić information content (AvgIpc) is 3.19. The monoisotopic (exact) mass is 440 g/mol. The predicted octanol–water partition coefficient (Wildman–Crippen LogP) is 3.80. The van der Waals surface area contributed by atoms with Crippen LogP contribution >= 0.6 is 0 Å². The van der Waals surface area contributed by atoms with E-state index in [0.717, 1.165) is 42.4 Å². The predicted molar refractivity (Wildman–Crippen MR) is 112 cm³/mol. The van der Waals surface area contributed by atoms with Gasteiger partial charge >= 0.3 is 0 Å². The maximum atomic E-state index is 13.2. The molecule has 0 N–H and O–H groups in total. The van der Waals surface area contributed by atoms with E-state index in [1.54, 1.807) is 11.0 Å². The Morgan fingerprint density at radius 3 is 2.84 bits per heavy atom. The van der Waals surface area contributed by atoms with Gasteiger partial charge in [0, 0.05) is 31.6 Å². The van der Waals surface area contributed by atoms with Crippen molar-refractivity contribution in [2.45, 2.75) is 58.4 Å². The van der Waals surface area contributed by atoms with Gasteiger partial charge in [-0.1, -0.05) is 10.3 Å². The summed E-state index contributed by atoms with van der Waals surface area (Å²) in [6.07, 6.45) is 5.36. The van der Waals surface area contributed by atoms with Gasteiger partial charge in [0.05, 0.1) is 12.3 Å². The number of carbonyl (C=O) groups is 1. The molecule has 1 saturated carbocycles. The molecule has 0 aromatic carbocycles. The second-order valence-electron chi connectivity index (χ2n) is 8.72. The third-order valence-electron chi connectivity index (χ3n) is 6.21. The molecule has 2 aliphatic rings. The van der Waals surface area contributed by atoms with Crippen LogP contribution in [0.5, 0.6) is 0 Å². The Bertz CT molecular complexity index is 1060. The number of carbonyl (C=O) groups excluding carboxylic acids is 1. The first-order valence-electron chi connectivity index (χ1n) is 11.3. The van der Waals surface area contributed by atoms with E-state index in [0.29, 0.717) is 49.2 Å². The molecular formula is C23H28N4O5. The van der Waals surface area contributed by atoms with Crippen molar-refractivity contribution in [3.63, 3.8) is 0 Å². The summed E-state index contributed by atoms with van der Waals surface area (Å²) in [5, 5.41) is 8.05. The van der Waals surface area contributed by atoms with E-state index in [-0.39, 0.29) is 11.9 Å². The highest BCUT2D eigenvalue weighted by molar-refractivity contribution is 5.92. The second-order valence-corrected chi connectivity index (χ2v) is 8.72. The molecule has 1 amide bonds. The maximum absolute atomic E-state index is 13.2. The fourth-order valence-electron chi connectivity index (χ4n) is 4.13. The first-order valence-corrected chi connectivity index (χ1v) is 11.3. The van der Waals surface area contributed by atoms with E-state index in [9.17, 15) is 4.79 Å². The smallest absolute Gasteiger partial charge is 0.290 e. The van der Waals surface area contributed by atoms with Crippen LogP contribution in [-0.2, 0) is 17.6 Å². The van der Waals surface area contributed by atoms with Crippen molar-refractivity contribution in [2.24, 2.45) is 5.92 Å². The lowest BCUT2D eigenvalue weighted by molar-refractivity contribution is 0.0676. The molecule has 1 aliphatic carbocycles. The highest BCUT2D eigenvalue weighted by atomic mass is 16.5. The third kappa shape index (κ3) is 4.48. The van der Waals surface area contributed by atoms with Crippen molar-refractivity contribution in [3.05, 3.63) is 52.4 Å². The van der Waals surface area contributed by atoms with Gasteiger partial charge in [-0.25, -0.2) is 0 Å². The van der Waals surface area contributed by atoms with Crippen LogP contribution in [-0.4, -0.2) is 45.9 Å². The summed E-state index contributed by atoms with van der Waals surface area (Å²) in [5.74, 6) is 3.45. The molecule has 2 fully saturated rings. The van der Waals surface area contributed by atoms with Crippen molar-refractivity contribution in [3.8, 4) is 0 Å². The largest absolute Gasteiger partial charge is 0.456 e. The van der Waals surface area contributed by atoms with Crippen molar-refractivity contribution < 1.29 is 23.0 Å². The van der Waals surface area contributed by atoms with Crippen LogP contribution in [0.2, 0.25) is 0 Å². The van der Waals surface area contributed by atoms with Gasteiger partial charge in [-0.2, -0.15) is 4.98 Å². The Hall–Kier alpha value is -2.94. The maximum Gasteiger partial charge on any atom is 0.290 e. The zero-order valence-electron chi connectivity index (χ0n) is 18.5. The van der Waals surface area contributed by atoms with Crippen LogP contribution in [0.4, 0.5) is 0 Å². The van der Waals surface area contributed by atoms with E-state index >= 15 is 0 Å². The number of rotatable bonds is 9. The van der Waals surface area contributed by atoms with Crippen molar-refractivity contribution in [2.75, 3.05) is 19.8 Å². The molecule has 0 radical (unpaired) electrons. The van der Waals surface area contributed by atoms with Gasteiger partial charge in [-0.15, -0.1) is 0 Å². The van der Waals surface area contributed by atoms with E-state index in [2.05, 4.69) is 15.3 Å². The lowest BCUT2D eigenvalue weighted by Crippen LogP contribution is -2.30. The highest BCUT2D eigenvalue weighted by Crippen LogP contribution is 2.33. The van der Waals surface area contributed by atoms with Gasteiger partial charge in [0.15, 0.2) is 11.6 Å². The number of aromatic nitrogens is 3. The molecule has 0 spiro atoms. The normalized spacial score (nSPS) is 18.6.